The third-order valence-corrected chi connectivity index (χ3v) is 3.98. The van der Waals surface area contributed by atoms with Gasteiger partial charge in [0.25, 0.3) is 5.91 Å². The third kappa shape index (κ3) is 4.05. The van der Waals surface area contributed by atoms with Gasteiger partial charge >= 0.3 is 0 Å². The molecule has 1 N–H and O–H groups in total. The highest BCUT2D eigenvalue weighted by Gasteiger charge is 2.13. The van der Waals surface area contributed by atoms with E-state index in [-0.39, 0.29) is 11.7 Å². The van der Waals surface area contributed by atoms with E-state index < -0.39 is 0 Å². The molecule has 0 bridgehead atoms. The summed E-state index contributed by atoms with van der Waals surface area (Å²) in [6, 6.07) is 4.49. The summed E-state index contributed by atoms with van der Waals surface area (Å²) >= 11 is 0. The van der Waals surface area contributed by atoms with Gasteiger partial charge in [0.1, 0.15) is 5.82 Å². The number of halogens is 1. The van der Waals surface area contributed by atoms with Crippen LogP contribution in [-0.4, -0.2) is 12.5 Å². The van der Waals surface area contributed by atoms with Crippen LogP contribution >= 0.6 is 0 Å². The van der Waals surface area contributed by atoms with Gasteiger partial charge in [-0.3, -0.25) is 4.79 Å². The lowest BCUT2D eigenvalue weighted by Crippen LogP contribution is -2.26. The topological polar surface area (TPSA) is 29.1 Å². The van der Waals surface area contributed by atoms with Crippen molar-refractivity contribution >= 4 is 5.91 Å². The molecule has 2 nitrogen and oxygen atoms in total. The van der Waals surface area contributed by atoms with E-state index in [4.69, 9.17) is 0 Å². The SMILES string of the molecule is Cc1cc(C(=O)NCCC2CCCCC2)ccc1F. The first-order valence-corrected chi connectivity index (χ1v) is 7.21. The second kappa shape index (κ2) is 6.69. The van der Waals surface area contributed by atoms with Gasteiger partial charge in [-0.1, -0.05) is 32.1 Å². The van der Waals surface area contributed by atoms with E-state index in [9.17, 15) is 9.18 Å². The van der Waals surface area contributed by atoms with Crippen LogP contribution < -0.4 is 5.32 Å². The summed E-state index contributed by atoms with van der Waals surface area (Å²) in [7, 11) is 0. The van der Waals surface area contributed by atoms with Crippen molar-refractivity contribution in [1.29, 1.82) is 0 Å². The van der Waals surface area contributed by atoms with Gasteiger partial charge in [0.05, 0.1) is 0 Å². The predicted molar refractivity (Wildman–Crippen MR) is 74.7 cm³/mol. The average Bonchev–Trinajstić information content (AvgIpc) is 2.43. The fourth-order valence-corrected chi connectivity index (χ4v) is 2.75. The summed E-state index contributed by atoms with van der Waals surface area (Å²) in [6.07, 6.45) is 7.67. The van der Waals surface area contributed by atoms with Crippen molar-refractivity contribution in [2.24, 2.45) is 5.92 Å². The monoisotopic (exact) mass is 263 g/mol. The summed E-state index contributed by atoms with van der Waals surface area (Å²) in [5, 5.41) is 2.93. The smallest absolute Gasteiger partial charge is 0.251 e. The molecule has 1 saturated carbocycles. The van der Waals surface area contributed by atoms with Gasteiger partial charge in [0.15, 0.2) is 0 Å². The molecule has 0 aliphatic heterocycles. The van der Waals surface area contributed by atoms with Crippen LogP contribution in [0.5, 0.6) is 0 Å². The maximum atomic E-state index is 13.1. The number of hydrogen-bond acceptors (Lipinski definition) is 1. The lowest BCUT2D eigenvalue weighted by molar-refractivity contribution is 0.0950. The molecule has 1 aliphatic carbocycles. The van der Waals surface area contributed by atoms with Gasteiger partial charge in [-0.05, 0) is 43.0 Å². The number of carbonyl (C=O) groups is 1. The van der Waals surface area contributed by atoms with E-state index in [1.165, 1.54) is 44.2 Å². The zero-order chi connectivity index (χ0) is 13.7. The largest absolute Gasteiger partial charge is 0.352 e. The van der Waals surface area contributed by atoms with Crippen LogP contribution in [0, 0.1) is 18.7 Å². The molecule has 1 aliphatic rings. The van der Waals surface area contributed by atoms with Crippen molar-refractivity contribution in [3.63, 3.8) is 0 Å². The molecule has 0 unspecified atom stereocenters. The average molecular weight is 263 g/mol. The van der Waals surface area contributed by atoms with Gasteiger partial charge in [0.2, 0.25) is 0 Å². The lowest BCUT2D eigenvalue weighted by atomic mass is 9.87. The summed E-state index contributed by atoms with van der Waals surface area (Å²) < 4.78 is 13.1. The number of benzene rings is 1. The van der Waals surface area contributed by atoms with Crippen LogP contribution in [0.15, 0.2) is 18.2 Å². The standard InChI is InChI=1S/C16H22FNO/c1-12-11-14(7-8-15(12)17)16(19)18-10-9-13-5-3-2-4-6-13/h7-8,11,13H,2-6,9-10H2,1H3,(H,18,19). The number of rotatable bonds is 4. The molecule has 1 fully saturated rings. The fraction of sp³-hybridized carbons (Fsp3) is 0.562. The van der Waals surface area contributed by atoms with E-state index in [1.807, 2.05) is 0 Å². The van der Waals surface area contributed by atoms with E-state index >= 15 is 0 Å². The summed E-state index contributed by atoms with van der Waals surface area (Å²) in [4.78, 5) is 11.9. The molecule has 3 heteroatoms. The van der Waals surface area contributed by atoms with Crippen LogP contribution in [0.2, 0.25) is 0 Å². The Bertz CT molecular complexity index is 438. The number of carbonyl (C=O) groups excluding carboxylic acids is 1. The first kappa shape index (κ1) is 14.0. The molecule has 0 aromatic heterocycles. The van der Waals surface area contributed by atoms with Gasteiger partial charge < -0.3 is 5.32 Å². The van der Waals surface area contributed by atoms with Crippen molar-refractivity contribution < 1.29 is 9.18 Å². The van der Waals surface area contributed by atoms with Crippen molar-refractivity contribution in [3.05, 3.63) is 35.1 Å². The van der Waals surface area contributed by atoms with E-state index in [0.717, 1.165) is 18.9 Å². The molecule has 0 radical (unpaired) electrons. The van der Waals surface area contributed by atoms with Gasteiger partial charge in [-0.2, -0.15) is 0 Å². The Morgan fingerprint density at radius 2 is 2.05 bits per heavy atom. The summed E-state index contributed by atoms with van der Waals surface area (Å²) in [5.41, 5.74) is 1.06. The Morgan fingerprint density at radius 1 is 1.32 bits per heavy atom. The second-order valence-electron chi connectivity index (χ2n) is 5.51. The number of hydrogen-bond donors (Lipinski definition) is 1. The highest BCUT2D eigenvalue weighted by Crippen LogP contribution is 2.25. The van der Waals surface area contributed by atoms with E-state index in [1.54, 1.807) is 13.0 Å². The highest BCUT2D eigenvalue weighted by atomic mass is 19.1. The molecule has 1 aromatic rings. The maximum absolute atomic E-state index is 13.1. The van der Waals surface area contributed by atoms with Gasteiger partial charge in [0, 0.05) is 12.1 Å². The maximum Gasteiger partial charge on any atom is 0.251 e. The Balaban J connectivity index is 1.78. The predicted octanol–water partition coefficient (Wildman–Crippen LogP) is 3.83. The normalized spacial score (nSPS) is 16.3. The first-order chi connectivity index (χ1) is 9.16. The minimum atomic E-state index is -0.265. The van der Waals surface area contributed by atoms with Crippen LogP contribution in [0.3, 0.4) is 0 Å². The molecule has 1 amide bonds. The fourth-order valence-electron chi connectivity index (χ4n) is 2.75. The van der Waals surface area contributed by atoms with Crippen molar-refractivity contribution in [1.82, 2.24) is 5.32 Å². The summed E-state index contributed by atoms with van der Waals surface area (Å²) in [5.74, 6) is 0.404. The number of aryl methyl sites for hydroxylation is 1. The third-order valence-electron chi connectivity index (χ3n) is 3.98. The van der Waals surface area contributed by atoms with Crippen LogP contribution in [0.1, 0.15) is 54.4 Å². The molecule has 0 atom stereocenters. The van der Waals surface area contributed by atoms with Gasteiger partial charge in [-0.15, -0.1) is 0 Å². The molecular weight excluding hydrogens is 241 g/mol. The zero-order valence-electron chi connectivity index (χ0n) is 11.5. The molecule has 0 saturated heterocycles. The molecule has 1 aromatic carbocycles. The zero-order valence-corrected chi connectivity index (χ0v) is 11.5. The molecule has 0 spiro atoms. The number of nitrogens with one attached hydrogen (secondary N) is 1. The number of amides is 1. The van der Waals surface area contributed by atoms with Crippen molar-refractivity contribution in [3.8, 4) is 0 Å². The quantitative estimate of drug-likeness (QED) is 0.878. The molecule has 19 heavy (non-hydrogen) atoms. The van der Waals surface area contributed by atoms with Crippen LogP contribution in [0.4, 0.5) is 4.39 Å². The van der Waals surface area contributed by atoms with E-state index in [0.29, 0.717) is 11.1 Å². The molecular formula is C16H22FNO. The van der Waals surface area contributed by atoms with Crippen molar-refractivity contribution in [2.45, 2.75) is 45.4 Å². The Kier molecular flexibility index (Phi) is 4.94. The Morgan fingerprint density at radius 3 is 2.74 bits per heavy atom. The summed E-state index contributed by atoms with van der Waals surface area (Å²) in [6.45, 7) is 2.40. The Labute approximate surface area is 114 Å². The second-order valence-corrected chi connectivity index (χ2v) is 5.51. The van der Waals surface area contributed by atoms with Crippen LogP contribution in [0.25, 0.3) is 0 Å². The van der Waals surface area contributed by atoms with Crippen molar-refractivity contribution in [2.75, 3.05) is 6.54 Å². The minimum absolute atomic E-state index is 0.0982. The molecule has 104 valence electrons. The lowest BCUT2D eigenvalue weighted by Gasteiger charge is -2.21. The van der Waals surface area contributed by atoms with Gasteiger partial charge in [-0.25, -0.2) is 4.39 Å². The van der Waals surface area contributed by atoms with Crippen LogP contribution in [-0.2, 0) is 0 Å². The minimum Gasteiger partial charge on any atom is -0.352 e. The molecule has 0 heterocycles. The highest BCUT2D eigenvalue weighted by molar-refractivity contribution is 5.94. The Hall–Kier alpha value is -1.38. The van der Waals surface area contributed by atoms with E-state index in [2.05, 4.69) is 5.32 Å². The first-order valence-electron chi connectivity index (χ1n) is 7.21. The molecule has 2 rings (SSSR count).